The number of H-pyrrole nitrogens is 1. The first kappa shape index (κ1) is 21.6. The number of benzene rings is 2. The minimum Gasteiger partial charge on any atom is -0.481 e. The smallest absolute Gasteiger partial charge is 0.420 e. The molecular weight excluding hydrogens is 471 g/mol. The van der Waals surface area contributed by atoms with Gasteiger partial charge in [-0.1, -0.05) is 13.8 Å². The molecule has 154 valence electrons. The van der Waals surface area contributed by atoms with Gasteiger partial charge in [0.15, 0.2) is 5.75 Å². The number of thioether (sulfide) groups is 1. The molecule has 0 atom stereocenters. The Kier molecular flexibility index (Phi) is 6.19. The van der Waals surface area contributed by atoms with Gasteiger partial charge in [0.2, 0.25) is 0 Å². The highest BCUT2D eigenvalue weighted by molar-refractivity contribution is 9.10. The highest BCUT2D eigenvalue weighted by Gasteiger charge is 2.36. The van der Waals surface area contributed by atoms with E-state index < -0.39 is 17.7 Å². The monoisotopic (exact) mass is 487 g/mol. The minimum absolute atomic E-state index is 0.0958. The summed E-state index contributed by atoms with van der Waals surface area (Å²) in [7, 11) is 0. The molecule has 1 heterocycles. The molecule has 0 aliphatic heterocycles. The highest BCUT2D eigenvalue weighted by Crippen LogP contribution is 2.45. The Morgan fingerprint density at radius 2 is 2.00 bits per heavy atom. The van der Waals surface area contributed by atoms with Gasteiger partial charge in [-0.05, 0) is 57.7 Å². The number of halogens is 4. The van der Waals surface area contributed by atoms with Gasteiger partial charge in [-0.3, -0.25) is 4.79 Å². The summed E-state index contributed by atoms with van der Waals surface area (Å²) in [5.41, 5.74) is 0.940. The number of aromatic nitrogens is 1. The van der Waals surface area contributed by atoms with Gasteiger partial charge < -0.3 is 14.8 Å². The molecule has 0 aliphatic rings. The van der Waals surface area contributed by atoms with Gasteiger partial charge in [0, 0.05) is 22.0 Å². The number of nitrogens with one attached hydrogen (secondary N) is 1. The molecule has 0 spiro atoms. The first-order chi connectivity index (χ1) is 13.6. The second-order valence-electron chi connectivity index (χ2n) is 6.67. The van der Waals surface area contributed by atoms with Crippen LogP contribution in [0.1, 0.15) is 30.9 Å². The third-order valence-corrected chi connectivity index (χ3v) is 5.76. The Morgan fingerprint density at radius 1 is 1.28 bits per heavy atom. The fourth-order valence-corrected chi connectivity index (χ4v) is 4.28. The average Bonchev–Trinajstić information content (AvgIpc) is 3.04. The maximum atomic E-state index is 13.7. The summed E-state index contributed by atoms with van der Waals surface area (Å²) in [6.45, 7) is 4.06. The number of aliphatic carboxylic acids is 1. The normalized spacial score (nSPS) is 12.0. The van der Waals surface area contributed by atoms with E-state index in [-0.39, 0.29) is 32.5 Å². The van der Waals surface area contributed by atoms with Crippen LogP contribution >= 0.6 is 27.7 Å². The van der Waals surface area contributed by atoms with Crippen LogP contribution in [0.3, 0.4) is 0 Å². The first-order valence-corrected chi connectivity index (χ1v) is 10.4. The number of rotatable bonds is 6. The lowest BCUT2D eigenvalue weighted by atomic mass is 10.0. The maximum absolute atomic E-state index is 13.7. The Labute approximate surface area is 177 Å². The van der Waals surface area contributed by atoms with E-state index in [0.29, 0.717) is 0 Å². The van der Waals surface area contributed by atoms with Crippen molar-refractivity contribution in [1.29, 1.82) is 0 Å². The van der Waals surface area contributed by atoms with E-state index >= 15 is 0 Å². The van der Waals surface area contributed by atoms with E-state index in [9.17, 15) is 18.0 Å². The van der Waals surface area contributed by atoms with E-state index in [1.807, 2.05) is 20.0 Å². The van der Waals surface area contributed by atoms with Crippen LogP contribution in [0.25, 0.3) is 10.9 Å². The topological polar surface area (TPSA) is 62.3 Å². The summed E-state index contributed by atoms with van der Waals surface area (Å²) in [4.78, 5) is 14.1. The number of aromatic amines is 1. The Morgan fingerprint density at radius 3 is 2.62 bits per heavy atom. The summed E-state index contributed by atoms with van der Waals surface area (Å²) in [6, 6.07) is 7.40. The molecule has 0 saturated heterocycles. The second-order valence-corrected chi connectivity index (χ2v) is 8.57. The summed E-state index contributed by atoms with van der Waals surface area (Å²) >= 11 is 3.95. The third-order valence-electron chi connectivity index (χ3n) is 4.21. The zero-order valence-corrected chi connectivity index (χ0v) is 17.8. The van der Waals surface area contributed by atoms with Crippen molar-refractivity contribution in [2.75, 3.05) is 5.75 Å². The van der Waals surface area contributed by atoms with Crippen molar-refractivity contribution in [3.05, 3.63) is 52.1 Å². The lowest BCUT2D eigenvalue weighted by Crippen LogP contribution is -2.08. The van der Waals surface area contributed by atoms with Gasteiger partial charge >= 0.3 is 12.1 Å². The molecule has 0 amide bonds. The lowest BCUT2D eigenvalue weighted by molar-refractivity contribution is -0.138. The molecule has 0 fully saturated rings. The number of fused-ring (bicyclic) bond motifs is 1. The van der Waals surface area contributed by atoms with Crippen LogP contribution in [-0.2, 0) is 11.0 Å². The summed E-state index contributed by atoms with van der Waals surface area (Å²) in [5, 5.41) is 9.66. The fraction of sp³-hybridized carbons (Fsp3) is 0.250. The number of carboxylic acids is 1. The molecule has 0 saturated carbocycles. The van der Waals surface area contributed by atoms with Gasteiger partial charge in [0.05, 0.1) is 10.2 Å². The van der Waals surface area contributed by atoms with Crippen LogP contribution in [0, 0.1) is 0 Å². The lowest BCUT2D eigenvalue weighted by Gasteiger charge is -2.17. The molecule has 3 rings (SSSR count). The molecule has 9 heteroatoms. The average molecular weight is 488 g/mol. The highest BCUT2D eigenvalue weighted by atomic mass is 79.9. The molecule has 0 aliphatic carbocycles. The molecule has 0 bridgehead atoms. The van der Waals surface area contributed by atoms with Crippen LogP contribution in [0.2, 0.25) is 0 Å². The second kappa shape index (κ2) is 8.31. The predicted octanol–water partition coefficient (Wildman–Crippen LogP) is 7.04. The summed E-state index contributed by atoms with van der Waals surface area (Å²) in [5.74, 6) is -1.30. The van der Waals surface area contributed by atoms with Crippen LogP contribution in [0.15, 0.2) is 45.9 Å². The number of hydrogen-bond acceptors (Lipinski definition) is 3. The van der Waals surface area contributed by atoms with Crippen molar-refractivity contribution in [3.63, 3.8) is 0 Å². The van der Waals surface area contributed by atoms with Crippen LogP contribution < -0.4 is 4.74 Å². The zero-order valence-electron chi connectivity index (χ0n) is 15.4. The van der Waals surface area contributed by atoms with Crippen LogP contribution in [0.5, 0.6) is 11.5 Å². The van der Waals surface area contributed by atoms with Crippen molar-refractivity contribution < 1.29 is 27.8 Å². The number of carboxylic acid groups (broad SMARTS) is 1. The molecule has 0 radical (unpaired) electrons. The van der Waals surface area contributed by atoms with Crippen LogP contribution in [-0.4, -0.2) is 21.8 Å². The first-order valence-electron chi connectivity index (χ1n) is 8.60. The van der Waals surface area contributed by atoms with E-state index in [4.69, 9.17) is 9.84 Å². The fourth-order valence-electron chi connectivity index (χ4n) is 2.89. The predicted molar refractivity (Wildman–Crippen MR) is 110 cm³/mol. The number of hydrogen-bond donors (Lipinski definition) is 2. The maximum Gasteiger partial charge on any atom is 0.420 e. The molecule has 4 nitrogen and oxygen atoms in total. The SMILES string of the molecule is CC(C)c1c[nH]c2ccc(Oc3c(Br)cc(SCC(=O)O)cc3C(F)(F)F)cc12. The van der Waals surface area contributed by atoms with Crippen molar-refractivity contribution in [2.45, 2.75) is 30.8 Å². The minimum atomic E-state index is -4.67. The summed E-state index contributed by atoms with van der Waals surface area (Å²) in [6.07, 6.45) is -2.79. The summed E-state index contributed by atoms with van der Waals surface area (Å²) < 4.78 is 46.7. The van der Waals surface area contributed by atoms with Gasteiger partial charge in [0.25, 0.3) is 0 Å². The van der Waals surface area contributed by atoms with Crippen molar-refractivity contribution in [2.24, 2.45) is 0 Å². The Bertz CT molecular complexity index is 1060. The number of alkyl halides is 3. The van der Waals surface area contributed by atoms with Gasteiger partial charge in [-0.15, -0.1) is 11.8 Å². The number of ether oxygens (including phenoxy) is 1. The van der Waals surface area contributed by atoms with Crippen molar-refractivity contribution >= 4 is 44.6 Å². The third kappa shape index (κ3) is 4.90. The Balaban J connectivity index is 2.02. The van der Waals surface area contributed by atoms with Gasteiger partial charge in [-0.2, -0.15) is 13.2 Å². The van der Waals surface area contributed by atoms with Crippen molar-refractivity contribution in [3.8, 4) is 11.5 Å². The van der Waals surface area contributed by atoms with E-state index in [1.54, 1.807) is 18.2 Å². The largest absolute Gasteiger partial charge is 0.481 e. The zero-order chi connectivity index (χ0) is 21.3. The van der Waals surface area contributed by atoms with E-state index in [1.165, 1.54) is 6.07 Å². The molecule has 0 unspecified atom stereocenters. The van der Waals surface area contributed by atoms with E-state index in [0.717, 1.165) is 34.3 Å². The standard InChI is InChI=1S/C20H17BrF3NO3S/c1-10(2)14-8-25-17-4-3-11(5-13(14)17)28-19-15(20(22,23)24)6-12(7-16(19)21)29-9-18(26)27/h3-8,10,25H,9H2,1-2H3,(H,26,27). The number of carbonyl (C=O) groups is 1. The molecule has 3 aromatic rings. The molecule has 2 aromatic carbocycles. The molecular formula is C20H17BrF3NO3S. The van der Waals surface area contributed by atoms with Crippen LogP contribution in [0.4, 0.5) is 13.2 Å². The van der Waals surface area contributed by atoms with E-state index in [2.05, 4.69) is 20.9 Å². The van der Waals surface area contributed by atoms with Gasteiger partial charge in [-0.25, -0.2) is 0 Å². The molecule has 2 N–H and O–H groups in total. The Hall–Kier alpha value is -2.13. The molecule has 29 heavy (non-hydrogen) atoms. The molecule has 1 aromatic heterocycles. The van der Waals surface area contributed by atoms with Crippen molar-refractivity contribution in [1.82, 2.24) is 4.98 Å². The van der Waals surface area contributed by atoms with Gasteiger partial charge in [0.1, 0.15) is 11.3 Å². The quantitative estimate of drug-likeness (QED) is 0.366.